The number of hydrogen-bond donors (Lipinski definition) is 1. The van der Waals surface area contributed by atoms with E-state index < -0.39 is 11.9 Å². The Labute approximate surface area is 167 Å². The van der Waals surface area contributed by atoms with E-state index in [1.165, 1.54) is 10.9 Å². The van der Waals surface area contributed by atoms with Crippen LogP contribution in [-0.4, -0.2) is 44.5 Å². The van der Waals surface area contributed by atoms with Crippen LogP contribution in [0.15, 0.2) is 65.7 Å². The van der Waals surface area contributed by atoms with Gasteiger partial charge in [0.15, 0.2) is 0 Å². The van der Waals surface area contributed by atoms with Crippen molar-refractivity contribution in [2.75, 3.05) is 13.1 Å². The van der Waals surface area contributed by atoms with Crippen LogP contribution in [0.2, 0.25) is 0 Å². The van der Waals surface area contributed by atoms with E-state index in [0.717, 1.165) is 5.56 Å². The van der Waals surface area contributed by atoms with Crippen LogP contribution in [0, 0.1) is 5.92 Å². The van der Waals surface area contributed by atoms with Crippen LogP contribution in [0.3, 0.4) is 0 Å². The summed E-state index contributed by atoms with van der Waals surface area (Å²) < 4.78 is 1.43. The third-order valence-electron chi connectivity index (χ3n) is 5.52. The fourth-order valence-electron chi connectivity index (χ4n) is 3.94. The Morgan fingerprint density at radius 1 is 1.03 bits per heavy atom. The Morgan fingerprint density at radius 3 is 2.52 bits per heavy atom. The molecule has 0 spiro atoms. The monoisotopic (exact) mass is 391 g/mol. The molecule has 0 bridgehead atoms. The van der Waals surface area contributed by atoms with Gasteiger partial charge in [-0.05, 0) is 17.7 Å². The Hall–Kier alpha value is -3.48. The summed E-state index contributed by atoms with van der Waals surface area (Å²) in [6.45, 7) is 0.753. The number of amides is 1. The molecular formula is C22H21N3O4. The van der Waals surface area contributed by atoms with E-state index in [-0.39, 0.29) is 36.9 Å². The van der Waals surface area contributed by atoms with Crippen LogP contribution in [-0.2, 0) is 16.1 Å². The Bertz CT molecular complexity index is 1110. The number of aromatic nitrogens is 2. The van der Waals surface area contributed by atoms with Gasteiger partial charge in [-0.15, -0.1) is 0 Å². The highest BCUT2D eigenvalue weighted by Crippen LogP contribution is 2.33. The molecule has 2 atom stereocenters. The lowest BCUT2D eigenvalue weighted by Crippen LogP contribution is -2.31. The highest BCUT2D eigenvalue weighted by atomic mass is 16.4. The highest BCUT2D eigenvalue weighted by Gasteiger charge is 2.40. The molecule has 7 heteroatoms. The summed E-state index contributed by atoms with van der Waals surface area (Å²) in [7, 11) is 0. The summed E-state index contributed by atoms with van der Waals surface area (Å²) in [6.07, 6.45) is 1.57. The number of carboxylic acid groups (broad SMARTS) is 1. The molecule has 3 aromatic rings. The van der Waals surface area contributed by atoms with E-state index in [4.69, 9.17) is 0 Å². The zero-order valence-electron chi connectivity index (χ0n) is 15.8. The number of fused-ring (bicyclic) bond motifs is 1. The molecule has 2 heterocycles. The molecule has 148 valence electrons. The van der Waals surface area contributed by atoms with Crippen molar-refractivity contribution in [3.63, 3.8) is 0 Å². The number of carboxylic acids is 1. The van der Waals surface area contributed by atoms with Crippen molar-refractivity contribution in [3.8, 4) is 0 Å². The SMILES string of the molecule is O=C(O)[C@@H]1CN(C(=O)CCn2cnc3ccccc3c2=O)C[C@@H]1c1ccccc1. The third-order valence-corrected chi connectivity index (χ3v) is 5.52. The van der Waals surface area contributed by atoms with Gasteiger partial charge in [0.2, 0.25) is 5.91 Å². The largest absolute Gasteiger partial charge is 0.481 e. The van der Waals surface area contributed by atoms with Gasteiger partial charge in [-0.1, -0.05) is 42.5 Å². The summed E-state index contributed by atoms with van der Waals surface area (Å²) in [5.41, 5.74) is 1.36. The molecule has 1 amide bonds. The summed E-state index contributed by atoms with van der Waals surface area (Å²) in [6, 6.07) is 16.5. The van der Waals surface area contributed by atoms with Crippen molar-refractivity contribution in [1.29, 1.82) is 0 Å². The predicted molar refractivity (Wildman–Crippen MR) is 108 cm³/mol. The molecule has 1 fully saturated rings. The Morgan fingerprint density at radius 2 is 1.76 bits per heavy atom. The second-order valence-electron chi connectivity index (χ2n) is 7.27. The number of benzene rings is 2. The maximum atomic E-state index is 12.7. The predicted octanol–water partition coefficient (Wildman–Crippen LogP) is 2.11. The van der Waals surface area contributed by atoms with Crippen molar-refractivity contribution < 1.29 is 14.7 Å². The molecule has 1 aromatic heterocycles. The van der Waals surface area contributed by atoms with Crippen molar-refractivity contribution >= 4 is 22.8 Å². The number of aliphatic carboxylic acids is 1. The van der Waals surface area contributed by atoms with Crippen LogP contribution in [0.1, 0.15) is 17.9 Å². The molecule has 1 aliphatic rings. The van der Waals surface area contributed by atoms with E-state index in [1.807, 2.05) is 36.4 Å². The van der Waals surface area contributed by atoms with Gasteiger partial charge < -0.3 is 10.0 Å². The minimum absolute atomic E-state index is 0.119. The van der Waals surface area contributed by atoms with E-state index in [2.05, 4.69) is 4.98 Å². The first kappa shape index (κ1) is 18.9. The number of nitrogens with zero attached hydrogens (tertiary/aromatic N) is 3. The number of carbonyl (C=O) groups excluding carboxylic acids is 1. The number of hydrogen-bond acceptors (Lipinski definition) is 4. The standard InChI is InChI=1S/C22H21N3O4/c26-20(10-11-24-14-23-19-9-5-4-8-16(19)21(24)27)25-12-17(18(13-25)22(28)29)15-6-2-1-3-7-15/h1-9,14,17-18H,10-13H2,(H,28,29)/t17-,18-/m1/s1. The van der Waals surface area contributed by atoms with E-state index >= 15 is 0 Å². The van der Waals surface area contributed by atoms with Gasteiger partial charge in [-0.3, -0.25) is 19.0 Å². The Balaban J connectivity index is 1.47. The van der Waals surface area contributed by atoms with Gasteiger partial charge in [0.05, 0.1) is 23.1 Å². The maximum absolute atomic E-state index is 12.7. The van der Waals surface area contributed by atoms with Gasteiger partial charge in [0.25, 0.3) is 5.56 Å². The van der Waals surface area contributed by atoms with Crippen molar-refractivity contribution in [2.24, 2.45) is 5.92 Å². The molecule has 0 unspecified atom stereocenters. The summed E-state index contributed by atoms with van der Waals surface area (Å²) in [5, 5.41) is 10.1. The van der Waals surface area contributed by atoms with Crippen LogP contribution in [0.4, 0.5) is 0 Å². The average Bonchev–Trinajstić information content (AvgIpc) is 3.20. The van der Waals surface area contributed by atoms with Crippen LogP contribution in [0.25, 0.3) is 10.9 Å². The zero-order valence-corrected chi connectivity index (χ0v) is 15.8. The number of rotatable bonds is 5. The number of aryl methyl sites for hydroxylation is 1. The van der Waals surface area contributed by atoms with E-state index in [0.29, 0.717) is 17.4 Å². The van der Waals surface area contributed by atoms with Gasteiger partial charge >= 0.3 is 5.97 Å². The zero-order chi connectivity index (χ0) is 20.4. The van der Waals surface area contributed by atoms with Crippen LogP contribution in [0.5, 0.6) is 0 Å². The van der Waals surface area contributed by atoms with Crippen molar-refractivity contribution in [3.05, 3.63) is 76.8 Å². The lowest BCUT2D eigenvalue weighted by molar-refractivity contribution is -0.141. The van der Waals surface area contributed by atoms with Gasteiger partial charge in [0, 0.05) is 32.0 Å². The quantitative estimate of drug-likeness (QED) is 0.719. The van der Waals surface area contributed by atoms with E-state index in [1.54, 1.807) is 23.1 Å². The van der Waals surface area contributed by atoms with Gasteiger partial charge in [0.1, 0.15) is 0 Å². The fourth-order valence-corrected chi connectivity index (χ4v) is 3.94. The van der Waals surface area contributed by atoms with Crippen LogP contribution >= 0.6 is 0 Å². The molecule has 1 saturated heterocycles. The van der Waals surface area contributed by atoms with E-state index in [9.17, 15) is 19.5 Å². The smallest absolute Gasteiger partial charge is 0.308 e. The third kappa shape index (κ3) is 3.76. The normalized spacial score (nSPS) is 18.8. The van der Waals surface area contributed by atoms with Crippen molar-refractivity contribution in [2.45, 2.75) is 18.9 Å². The molecule has 0 saturated carbocycles. The molecule has 0 aliphatic carbocycles. The number of para-hydroxylation sites is 1. The first-order valence-electron chi connectivity index (χ1n) is 9.54. The molecular weight excluding hydrogens is 370 g/mol. The number of likely N-dealkylation sites (tertiary alicyclic amines) is 1. The minimum Gasteiger partial charge on any atom is -0.481 e. The first-order chi connectivity index (χ1) is 14.0. The topological polar surface area (TPSA) is 92.5 Å². The molecule has 1 N–H and O–H groups in total. The highest BCUT2D eigenvalue weighted by molar-refractivity contribution is 5.80. The first-order valence-corrected chi connectivity index (χ1v) is 9.54. The lowest BCUT2D eigenvalue weighted by atomic mass is 9.89. The van der Waals surface area contributed by atoms with Gasteiger partial charge in [-0.2, -0.15) is 0 Å². The molecule has 1 aliphatic heterocycles. The number of carbonyl (C=O) groups is 2. The maximum Gasteiger partial charge on any atom is 0.308 e. The molecule has 7 nitrogen and oxygen atoms in total. The van der Waals surface area contributed by atoms with Crippen molar-refractivity contribution in [1.82, 2.24) is 14.5 Å². The molecule has 2 aromatic carbocycles. The van der Waals surface area contributed by atoms with Gasteiger partial charge in [-0.25, -0.2) is 4.98 Å². The van der Waals surface area contributed by atoms with Crippen LogP contribution < -0.4 is 5.56 Å². The molecule has 29 heavy (non-hydrogen) atoms. The lowest BCUT2D eigenvalue weighted by Gasteiger charge is -2.17. The fraction of sp³-hybridized carbons (Fsp3) is 0.273. The molecule has 4 rings (SSSR count). The second kappa shape index (κ2) is 7.87. The summed E-state index contributed by atoms with van der Waals surface area (Å²) in [4.78, 5) is 42.9. The summed E-state index contributed by atoms with van der Waals surface area (Å²) >= 11 is 0. The molecule has 0 radical (unpaired) electrons. The average molecular weight is 391 g/mol. The summed E-state index contributed by atoms with van der Waals surface area (Å²) in [5.74, 6) is -1.92. The Kier molecular flexibility index (Phi) is 5.12. The second-order valence-corrected chi connectivity index (χ2v) is 7.27. The minimum atomic E-state index is -0.899.